The molecule has 0 radical (unpaired) electrons. The third kappa shape index (κ3) is 3.57. The number of hydrogen-bond acceptors (Lipinski definition) is 4. The van der Waals surface area contributed by atoms with Crippen LogP contribution >= 0.6 is 0 Å². The lowest BCUT2D eigenvalue weighted by Gasteiger charge is -1.99. The molecule has 6 nitrogen and oxygen atoms in total. The minimum Gasteiger partial charge on any atom is -0.285 e. The molecule has 0 saturated carbocycles. The van der Waals surface area contributed by atoms with Gasteiger partial charge in [-0.1, -0.05) is 0 Å². The first-order chi connectivity index (χ1) is 8.54. The van der Waals surface area contributed by atoms with Crippen LogP contribution in [0.3, 0.4) is 0 Å². The third-order valence-corrected chi connectivity index (χ3v) is 3.07. The maximum atomic E-state index is 10.6. The number of hydrogen-bond donors (Lipinski definition) is 1. The molecule has 2 heterocycles. The molecule has 2 aromatic rings. The quantitative estimate of drug-likeness (QED) is 0.636. The van der Waals surface area contributed by atoms with Gasteiger partial charge in [0.05, 0.1) is 5.69 Å². The second-order valence-electron chi connectivity index (χ2n) is 3.71. The van der Waals surface area contributed by atoms with Crippen molar-refractivity contribution in [1.82, 2.24) is 9.97 Å². The molecule has 7 heteroatoms. The summed E-state index contributed by atoms with van der Waals surface area (Å²) in [5.41, 5.74) is 1.72. The zero-order valence-electron chi connectivity index (χ0n) is 9.47. The van der Waals surface area contributed by atoms with E-state index in [4.69, 9.17) is 4.55 Å². The average molecular weight is 266 g/mol. The van der Waals surface area contributed by atoms with E-state index in [2.05, 4.69) is 9.97 Å². The summed E-state index contributed by atoms with van der Waals surface area (Å²) in [7, 11) is -3.93. The molecule has 2 rings (SSSR count). The number of aromatic nitrogens is 3. The molecule has 0 saturated heterocycles. The fourth-order valence-corrected chi connectivity index (χ4v) is 1.90. The molecule has 18 heavy (non-hydrogen) atoms. The van der Waals surface area contributed by atoms with E-state index in [0.29, 0.717) is 0 Å². The summed E-state index contributed by atoms with van der Waals surface area (Å²) in [6, 6.07) is 5.44. The van der Waals surface area contributed by atoms with Gasteiger partial charge in [-0.05, 0) is 6.07 Å². The van der Waals surface area contributed by atoms with Crippen molar-refractivity contribution in [3.63, 3.8) is 0 Å². The summed E-state index contributed by atoms with van der Waals surface area (Å²) in [6.45, 7) is 0.211. The highest BCUT2D eigenvalue weighted by Gasteiger charge is 2.09. The maximum Gasteiger partial charge on any atom is 0.271 e. The lowest BCUT2D eigenvalue weighted by atomic mass is 10.2. The van der Waals surface area contributed by atoms with Crippen LogP contribution in [0.15, 0.2) is 43.1 Å². The molecular formula is C11H12N3O3S+. The standard InChI is InChI=1S/C11H11N3O3S/c15-18(16,17)8-7-14-5-2-10(3-6-14)11-1-4-12-9-13-11/h1-6,9H,7-8H2/p+1. The molecule has 1 N–H and O–H groups in total. The van der Waals surface area contributed by atoms with Crippen LogP contribution in [0.25, 0.3) is 11.3 Å². The number of pyridine rings is 1. The molecule has 0 aliphatic carbocycles. The van der Waals surface area contributed by atoms with Crippen molar-refractivity contribution in [3.05, 3.63) is 43.1 Å². The van der Waals surface area contributed by atoms with Crippen molar-refractivity contribution in [1.29, 1.82) is 0 Å². The van der Waals surface area contributed by atoms with Gasteiger partial charge in [-0.25, -0.2) is 14.5 Å². The summed E-state index contributed by atoms with van der Waals surface area (Å²) >= 11 is 0. The first kappa shape index (κ1) is 12.6. The Morgan fingerprint density at radius 2 is 1.94 bits per heavy atom. The predicted octanol–water partition coefficient (Wildman–Crippen LogP) is 0.319. The lowest BCUT2D eigenvalue weighted by molar-refractivity contribution is -0.692. The predicted molar refractivity (Wildman–Crippen MR) is 64.1 cm³/mol. The highest BCUT2D eigenvalue weighted by molar-refractivity contribution is 7.85. The van der Waals surface area contributed by atoms with Crippen LogP contribution in [0, 0.1) is 0 Å². The molecule has 0 amide bonds. The first-order valence-electron chi connectivity index (χ1n) is 5.25. The molecule has 0 aliphatic rings. The molecule has 0 spiro atoms. The van der Waals surface area contributed by atoms with Gasteiger partial charge in [0.25, 0.3) is 10.1 Å². The molecule has 94 valence electrons. The average Bonchev–Trinajstić information content (AvgIpc) is 2.37. The molecule has 0 bridgehead atoms. The van der Waals surface area contributed by atoms with Gasteiger partial charge < -0.3 is 0 Å². The zero-order chi connectivity index (χ0) is 13.0. The highest BCUT2D eigenvalue weighted by atomic mass is 32.2. The summed E-state index contributed by atoms with van der Waals surface area (Å²) in [6.07, 6.45) is 6.60. The number of rotatable bonds is 4. The minimum absolute atomic E-state index is 0.211. The molecule has 2 aromatic heterocycles. The van der Waals surface area contributed by atoms with Crippen molar-refractivity contribution in [3.8, 4) is 11.3 Å². The second-order valence-corrected chi connectivity index (χ2v) is 5.28. The van der Waals surface area contributed by atoms with Gasteiger partial charge in [0.2, 0.25) is 0 Å². The number of nitrogens with zero attached hydrogens (tertiary/aromatic N) is 3. The van der Waals surface area contributed by atoms with Crippen LogP contribution in [0.1, 0.15) is 0 Å². The largest absolute Gasteiger partial charge is 0.285 e. The van der Waals surface area contributed by atoms with E-state index >= 15 is 0 Å². The summed E-state index contributed by atoms with van der Waals surface area (Å²) in [5, 5.41) is 0. The van der Waals surface area contributed by atoms with Crippen LogP contribution in [-0.2, 0) is 16.7 Å². The Balaban J connectivity index is 2.11. The monoisotopic (exact) mass is 266 g/mol. The van der Waals surface area contributed by atoms with Crippen molar-refractivity contribution in [2.45, 2.75) is 6.54 Å². The highest BCUT2D eigenvalue weighted by Crippen LogP contribution is 2.12. The fourth-order valence-electron chi connectivity index (χ4n) is 1.46. The molecule has 0 aliphatic heterocycles. The van der Waals surface area contributed by atoms with Crippen molar-refractivity contribution in [2.24, 2.45) is 0 Å². The first-order valence-corrected chi connectivity index (χ1v) is 6.86. The Morgan fingerprint density at radius 1 is 1.22 bits per heavy atom. The van der Waals surface area contributed by atoms with Gasteiger partial charge in [0.15, 0.2) is 18.9 Å². The SMILES string of the molecule is O=S(=O)(O)CC[n+]1ccc(-c2ccncn2)cc1. The van der Waals surface area contributed by atoms with Gasteiger partial charge in [0, 0.05) is 23.9 Å². The van der Waals surface area contributed by atoms with E-state index in [1.807, 2.05) is 12.1 Å². The van der Waals surface area contributed by atoms with Crippen LogP contribution < -0.4 is 4.57 Å². The van der Waals surface area contributed by atoms with Gasteiger partial charge in [-0.2, -0.15) is 8.42 Å². The van der Waals surface area contributed by atoms with Crippen molar-refractivity contribution < 1.29 is 17.5 Å². The molecular weight excluding hydrogens is 254 g/mol. The summed E-state index contributed by atoms with van der Waals surface area (Å²) in [4.78, 5) is 7.94. The van der Waals surface area contributed by atoms with Crippen molar-refractivity contribution in [2.75, 3.05) is 5.75 Å². The molecule has 0 unspecified atom stereocenters. The Kier molecular flexibility index (Phi) is 3.63. The second kappa shape index (κ2) is 5.19. The van der Waals surface area contributed by atoms with Crippen molar-refractivity contribution >= 4 is 10.1 Å². The van der Waals surface area contributed by atoms with E-state index in [-0.39, 0.29) is 12.3 Å². The summed E-state index contributed by atoms with van der Waals surface area (Å²) < 4.78 is 31.6. The lowest BCUT2D eigenvalue weighted by Crippen LogP contribution is -2.36. The zero-order valence-corrected chi connectivity index (χ0v) is 10.3. The Morgan fingerprint density at radius 3 is 2.50 bits per heavy atom. The van der Waals surface area contributed by atoms with Crippen LogP contribution in [-0.4, -0.2) is 28.7 Å². The Labute approximate surface area is 105 Å². The number of aryl methyl sites for hydroxylation is 1. The van der Waals surface area contributed by atoms with E-state index in [0.717, 1.165) is 11.3 Å². The summed E-state index contributed by atoms with van der Waals surface area (Å²) in [5.74, 6) is -0.301. The minimum atomic E-state index is -3.93. The smallest absolute Gasteiger partial charge is 0.271 e. The van der Waals surface area contributed by atoms with Crippen LogP contribution in [0.5, 0.6) is 0 Å². The molecule has 0 aromatic carbocycles. The van der Waals surface area contributed by atoms with Crippen LogP contribution in [0.4, 0.5) is 0 Å². The van der Waals surface area contributed by atoms with E-state index in [1.165, 1.54) is 6.33 Å². The van der Waals surface area contributed by atoms with E-state index in [1.54, 1.807) is 29.2 Å². The van der Waals surface area contributed by atoms with Gasteiger partial charge in [-0.15, -0.1) is 0 Å². The van der Waals surface area contributed by atoms with E-state index < -0.39 is 10.1 Å². The molecule has 0 atom stereocenters. The van der Waals surface area contributed by atoms with Gasteiger partial charge in [0.1, 0.15) is 12.1 Å². The normalized spacial score (nSPS) is 11.4. The molecule has 0 fully saturated rings. The van der Waals surface area contributed by atoms with Crippen LogP contribution in [0.2, 0.25) is 0 Å². The Hall–Kier alpha value is -1.86. The van der Waals surface area contributed by atoms with Gasteiger partial charge >= 0.3 is 0 Å². The van der Waals surface area contributed by atoms with E-state index in [9.17, 15) is 8.42 Å². The topological polar surface area (TPSA) is 84.0 Å². The third-order valence-electron chi connectivity index (χ3n) is 2.38. The van der Waals surface area contributed by atoms with Gasteiger partial charge in [-0.3, -0.25) is 4.55 Å². The fraction of sp³-hybridized carbons (Fsp3) is 0.182. The maximum absolute atomic E-state index is 10.6. The Bertz CT molecular complexity index is 612.